The van der Waals surface area contributed by atoms with Gasteiger partial charge in [-0.3, -0.25) is 4.79 Å². The van der Waals surface area contributed by atoms with Crippen LogP contribution in [-0.2, 0) is 22.4 Å². The van der Waals surface area contributed by atoms with Gasteiger partial charge in [0, 0.05) is 5.92 Å². The Bertz CT molecular complexity index is 878. The van der Waals surface area contributed by atoms with Crippen LogP contribution in [0, 0.1) is 11.8 Å². The lowest BCUT2D eigenvalue weighted by Crippen LogP contribution is -2.20. The van der Waals surface area contributed by atoms with Crippen LogP contribution in [-0.4, -0.2) is 46.1 Å². The number of carbonyl (C=O) groups is 1. The molecule has 2 aromatic rings. The predicted octanol–water partition coefficient (Wildman–Crippen LogP) is 3.00. The number of phenolic OH excluding ortho intramolecular Hbond substituents is 1. The van der Waals surface area contributed by atoms with Crippen LogP contribution in [0.5, 0.6) is 28.7 Å². The summed E-state index contributed by atoms with van der Waals surface area (Å²) in [5, 5.41) is 10.2. The van der Waals surface area contributed by atoms with Crippen molar-refractivity contribution in [1.29, 1.82) is 0 Å². The third kappa shape index (κ3) is 4.34. The molecule has 2 unspecified atom stereocenters. The van der Waals surface area contributed by atoms with Crippen molar-refractivity contribution in [3.05, 3.63) is 41.5 Å². The van der Waals surface area contributed by atoms with Crippen LogP contribution < -0.4 is 18.9 Å². The molecule has 0 bridgehead atoms. The quantitative estimate of drug-likeness (QED) is 0.680. The van der Waals surface area contributed by atoms with Crippen LogP contribution in [0.1, 0.15) is 11.1 Å². The first kappa shape index (κ1) is 20.6. The predicted molar refractivity (Wildman–Crippen MR) is 106 cm³/mol. The van der Waals surface area contributed by atoms with Gasteiger partial charge >= 0.3 is 5.97 Å². The van der Waals surface area contributed by atoms with E-state index >= 15 is 0 Å². The number of phenols is 1. The zero-order valence-electron chi connectivity index (χ0n) is 17.1. The highest BCUT2D eigenvalue weighted by molar-refractivity contribution is 5.75. The van der Waals surface area contributed by atoms with Crippen molar-refractivity contribution < 1.29 is 33.6 Å². The fraction of sp³-hybridized carbons (Fsp3) is 0.409. The number of hydrogen-bond acceptors (Lipinski definition) is 7. The minimum Gasteiger partial charge on any atom is -0.504 e. The lowest BCUT2D eigenvalue weighted by Gasteiger charge is -2.18. The first-order chi connectivity index (χ1) is 14.0. The summed E-state index contributed by atoms with van der Waals surface area (Å²) in [5.74, 6) is 1.44. The van der Waals surface area contributed by atoms with E-state index in [4.69, 9.17) is 23.7 Å². The summed E-state index contributed by atoms with van der Waals surface area (Å²) < 4.78 is 26.4. The van der Waals surface area contributed by atoms with E-state index in [-0.39, 0.29) is 29.3 Å². The van der Waals surface area contributed by atoms with Crippen molar-refractivity contribution >= 4 is 5.97 Å². The summed E-state index contributed by atoms with van der Waals surface area (Å²) in [4.78, 5) is 12.4. The van der Waals surface area contributed by atoms with Crippen molar-refractivity contribution in [1.82, 2.24) is 0 Å². The third-order valence-corrected chi connectivity index (χ3v) is 5.23. The number of ether oxygens (including phenoxy) is 5. The zero-order valence-corrected chi connectivity index (χ0v) is 17.1. The van der Waals surface area contributed by atoms with Gasteiger partial charge in [0.15, 0.2) is 23.0 Å². The summed E-state index contributed by atoms with van der Waals surface area (Å²) >= 11 is 0. The number of carbonyl (C=O) groups excluding carboxylic acids is 1. The minimum atomic E-state index is -0.319. The Balaban J connectivity index is 1.80. The Morgan fingerprint density at radius 3 is 2.24 bits per heavy atom. The normalized spacial score (nSPS) is 18.3. The van der Waals surface area contributed by atoms with Gasteiger partial charge in [0.1, 0.15) is 0 Å². The van der Waals surface area contributed by atoms with Crippen molar-refractivity contribution in [2.45, 2.75) is 12.8 Å². The maximum absolute atomic E-state index is 12.4. The Morgan fingerprint density at radius 2 is 1.59 bits per heavy atom. The Labute approximate surface area is 170 Å². The molecule has 1 N–H and O–H groups in total. The van der Waals surface area contributed by atoms with E-state index in [9.17, 15) is 9.90 Å². The molecule has 7 nitrogen and oxygen atoms in total. The van der Waals surface area contributed by atoms with E-state index in [0.29, 0.717) is 36.7 Å². The molecular formula is C22H26O7. The molecule has 2 aromatic carbocycles. The summed E-state index contributed by atoms with van der Waals surface area (Å²) in [5.41, 5.74) is 1.81. The summed E-state index contributed by atoms with van der Waals surface area (Å²) in [6, 6.07) is 9.11. The molecule has 1 aliphatic heterocycles. The van der Waals surface area contributed by atoms with Crippen molar-refractivity contribution in [2.24, 2.45) is 11.8 Å². The fourth-order valence-corrected chi connectivity index (χ4v) is 3.74. The second-order valence-corrected chi connectivity index (χ2v) is 6.94. The lowest BCUT2D eigenvalue weighted by atomic mass is 9.85. The van der Waals surface area contributed by atoms with Crippen LogP contribution in [0.25, 0.3) is 0 Å². The zero-order chi connectivity index (χ0) is 21.0. The molecule has 29 heavy (non-hydrogen) atoms. The maximum atomic E-state index is 12.4. The summed E-state index contributed by atoms with van der Waals surface area (Å²) in [6.07, 6.45) is 1.10. The van der Waals surface area contributed by atoms with E-state index in [1.165, 1.54) is 14.2 Å². The average molecular weight is 402 g/mol. The molecule has 0 spiro atoms. The maximum Gasteiger partial charge on any atom is 0.309 e. The first-order valence-corrected chi connectivity index (χ1v) is 9.32. The minimum absolute atomic E-state index is 0.0100. The molecule has 1 saturated heterocycles. The van der Waals surface area contributed by atoms with Crippen molar-refractivity contribution in [2.75, 3.05) is 35.0 Å². The van der Waals surface area contributed by atoms with Crippen LogP contribution in [0.4, 0.5) is 0 Å². The van der Waals surface area contributed by atoms with E-state index in [2.05, 4.69) is 0 Å². The second kappa shape index (κ2) is 8.94. The molecule has 2 atom stereocenters. The number of aromatic hydroxyl groups is 1. The number of esters is 1. The molecule has 1 heterocycles. The molecule has 3 rings (SSSR count). The molecule has 1 aliphatic rings. The Hall–Kier alpha value is -3.09. The first-order valence-electron chi connectivity index (χ1n) is 9.32. The average Bonchev–Trinajstić information content (AvgIpc) is 3.06. The molecule has 1 fully saturated rings. The van der Waals surface area contributed by atoms with Gasteiger partial charge in [-0.15, -0.1) is 0 Å². The monoisotopic (exact) mass is 402 g/mol. The van der Waals surface area contributed by atoms with Gasteiger partial charge in [0.2, 0.25) is 5.75 Å². The van der Waals surface area contributed by atoms with Crippen LogP contribution in [0.3, 0.4) is 0 Å². The van der Waals surface area contributed by atoms with E-state index in [1.807, 2.05) is 18.2 Å². The van der Waals surface area contributed by atoms with E-state index < -0.39 is 0 Å². The van der Waals surface area contributed by atoms with Crippen molar-refractivity contribution in [3.63, 3.8) is 0 Å². The van der Waals surface area contributed by atoms with E-state index in [0.717, 1.165) is 11.1 Å². The smallest absolute Gasteiger partial charge is 0.309 e. The largest absolute Gasteiger partial charge is 0.504 e. The van der Waals surface area contributed by atoms with Gasteiger partial charge in [-0.1, -0.05) is 6.07 Å². The van der Waals surface area contributed by atoms with Gasteiger partial charge in [0.05, 0.1) is 41.0 Å². The van der Waals surface area contributed by atoms with Gasteiger partial charge in [-0.25, -0.2) is 0 Å². The topological polar surface area (TPSA) is 83.5 Å². The number of hydrogen-bond donors (Lipinski definition) is 1. The third-order valence-electron chi connectivity index (χ3n) is 5.23. The number of rotatable bonds is 8. The summed E-state index contributed by atoms with van der Waals surface area (Å²) in [6.45, 7) is 0.358. The molecular weight excluding hydrogens is 376 g/mol. The highest BCUT2D eigenvalue weighted by Crippen LogP contribution is 2.39. The molecule has 0 aliphatic carbocycles. The second-order valence-electron chi connectivity index (χ2n) is 6.94. The number of methoxy groups -OCH3 is 4. The lowest BCUT2D eigenvalue weighted by molar-refractivity contribution is -0.141. The fourth-order valence-electron chi connectivity index (χ4n) is 3.74. The molecule has 0 saturated carbocycles. The Morgan fingerprint density at radius 1 is 0.897 bits per heavy atom. The van der Waals surface area contributed by atoms with Crippen LogP contribution in [0.2, 0.25) is 0 Å². The van der Waals surface area contributed by atoms with Gasteiger partial charge in [-0.05, 0) is 48.2 Å². The highest BCUT2D eigenvalue weighted by Gasteiger charge is 2.37. The van der Waals surface area contributed by atoms with Gasteiger partial charge in [-0.2, -0.15) is 0 Å². The van der Waals surface area contributed by atoms with E-state index in [1.54, 1.807) is 26.4 Å². The highest BCUT2D eigenvalue weighted by atomic mass is 16.5. The molecule has 156 valence electrons. The van der Waals surface area contributed by atoms with Crippen molar-refractivity contribution in [3.8, 4) is 28.7 Å². The number of cyclic esters (lactones) is 1. The summed E-state index contributed by atoms with van der Waals surface area (Å²) in [7, 11) is 6.15. The molecule has 0 amide bonds. The molecule has 0 radical (unpaired) electrons. The molecule has 7 heteroatoms. The molecule has 0 aromatic heterocycles. The van der Waals surface area contributed by atoms with Crippen LogP contribution >= 0.6 is 0 Å². The van der Waals surface area contributed by atoms with Gasteiger partial charge in [0.25, 0.3) is 0 Å². The standard InChI is InChI=1S/C22H26O7/c1-25-18-6-5-13(10-19(18)26-2)7-15-12-29-22(24)16(15)8-14-9-17(23)21(28-4)20(11-14)27-3/h5-6,9-11,15-16,23H,7-8,12H2,1-4H3. The number of benzene rings is 2. The SMILES string of the molecule is COc1ccc(CC2COC(=O)C2Cc2cc(O)c(OC)c(OC)c2)cc1OC. The van der Waals surface area contributed by atoms with Crippen LogP contribution in [0.15, 0.2) is 30.3 Å². The Kier molecular flexibility index (Phi) is 6.36. The van der Waals surface area contributed by atoms with Gasteiger partial charge < -0.3 is 28.8 Å².